The molecule has 0 saturated heterocycles. The van der Waals surface area contributed by atoms with Crippen molar-refractivity contribution in [1.82, 2.24) is 15.1 Å². The van der Waals surface area contributed by atoms with Crippen molar-refractivity contribution in [2.24, 2.45) is 0 Å². The number of aromatic nitrogens is 2. The molecule has 3 heteroatoms. The number of hydrogen-bond acceptors (Lipinski definition) is 2. The van der Waals surface area contributed by atoms with Gasteiger partial charge in [-0.3, -0.25) is 4.68 Å². The minimum absolute atomic E-state index is 0.744. The highest BCUT2D eigenvalue weighted by Gasteiger charge is 2.09. The van der Waals surface area contributed by atoms with E-state index >= 15 is 0 Å². The van der Waals surface area contributed by atoms with Gasteiger partial charge in [0.1, 0.15) is 0 Å². The molecule has 0 bridgehead atoms. The number of nitrogens with one attached hydrogen (secondary N) is 1. The van der Waals surface area contributed by atoms with Crippen molar-refractivity contribution in [2.75, 3.05) is 6.54 Å². The lowest BCUT2D eigenvalue weighted by atomic mass is 10.2. The van der Waals surface area contributed by atoms with Crippen molar-refractivity contribution in [2.45, 2.75) is 47.2 Å². The zero-order valence-electron chi connectivity index (χ0n) is 10.7. The summed E-state index contributed by atoms with van der Waals surface area (Å²) in [5, 5.41) is 7.85. The summed E-state index contributed by atoms with van der Waals surface area (Å²) in [6.45, 7) is 10.8. The fraction of sp³-hybridized carbons (Fsp3) is 0.615. The van der Waals surface area contributed by atoms with E-state index in [2.05, 4.69) is 47.7 Å². The smallest absolute Gasteiger partial charge is 0.0641 e. The maximum atomic E-state index is 4.54. The summed E-state index contributed by atoms with van der Waals surface area (Å²) >= 11 is 0. The van der Waals surface area contributed by atoms with Gasteiger partial charge in [0.15, 0.2) is 0 Å². The number of aryl methyl sites for hydroxylation is 2. The first kappa shape index (κ1) is 12.8. The van der Waals surface area contributed by atoms with Crippen molar-refractivity contribution in [3.05, 3.63) is 17.0 Å². The average Bonchev–Trinajstić information content (AvgIpc) is 2.52. The van der Waals surface area contributed by atoms with Crippen LogP contribution in [0.5, 0.6) is 0 Å². The van der Waals surface area contributed by atoms with E-state index in [0.717, 1.165) is 31.7 Å². The number of nitrogens with zero attached hydrogens (tertiary/aromatic N) is 2. The second-order valence-corrected chi connectivity index (χ2v) is 3.90. The largest absolute Gasteiger partial charge is 0.302 e. The van der Waals surface area contributed by atoms with Crippen LogP contribution in [-0.2, 0) is 13.1 Å². The molecule has 0 saturated carbocycles. The van der Waals surface area contributed by atoms with E-state index in [1.165, 1.54) is 11.3 Å². The Kier molecular flexibility index (Phi) is 5.07. The molecule has 16 heavy (non-hydrogen) atoms. The lowest BCUT2D eigenvalue weighted by Gasteiger charge is -2.04. The first-order chi connectivity index (χ1) is 7.70. The quantitative estimate of drug-likeness (QED) is 0.606. The highest BCUT2D eigenvalue weighted by atomic mass is 15.3. The molecular formula is C13H21N3. The molecular weight excluding hydrogens is 198 g/mol. The highest BCUT2D eigenvalue weighted by molar-refractivity contribution is 5.24. The van der Waals surface area contributed by atoms with Crippen LogP contribution < -0.4 is 5.32 Å². The molecule has 1 aromatic rings. The monoisotopic (exact) mass is 219 g/mol. The standard InChI is InChI=1S/C13H21N3/c1-5-7-8-14-10-13-11(3)15-16(9-6-2)12(13)4/h14H,6,8-10H2,1-4H3. The Hall–Kier alpha value is -1.27. The van der Waals surface area contributed by atoms with E-state index < -0.39 is 0 Å². The molecule has 88 valence electrons. The second-order valence-electron chi connectivity index (χ2n) is 3.90. The molecule has 0 spiro atoms. The topological polar surface area (TPSA) is 29.9 Å². The molecule has 3 nitrogen and oxygen atoms in total. The summed E-state index contributed by atoms with van der Waals surface area (Å²) in [7, 11) is 0. The molecule has 0 aliphatic rings. The Morgan fingerprint density at radius 1 is 1.38 bits per heavy atom. The predicted octanol–water partition coefficient (Wildman–Crippen LogP) is 2.02. The van der Waals surface area contributed by atoms with Crippen molar-refractivity contribution in [3.8, 4) is 11.8 Å². The first-order valence-corrected chi connectivity index (χ1v) is 5.83. The van der Waals surface area contributed by atoms with Crippen LogP contribution >= 0.6 is 0 Å². The van der Waals surface area contributed by atoms with Gasteiger partial charge in [0, 0.05) is 24.3 Å². The lowest BCUT2D eigenvalue weighted by Crippen LogP contribution is -2.14. The Bertz CT molecular complexity index is 393. The first-order valence-electron chi connectivity index (χ1n) is 5.83. The van der Waals surface area contributed by atoms with Gasteiger partial charge < -0.3 is 5.32 Å². The van der Waals surface area contributed by atoms with Crippen LogP contribution in [-0.4, -0.2) is 16.3 Å². The van der Waals surface area contributed by atoms with Gasteiger partial charge in [-0.25, -0.2) is 0 Å². The van der Waals surface area contributed by atoms with E-state index in [1.54, 1.807) is 0 Å². The van der Waals surface area contributed by atoms with Gasteiger partial charge in [-0.1, -0.05) is 12.8 Å². The second kappa shape index (κ2) is 6.34. The van der Waals surface area contributed by atoms with E-state index in [9.17, 15) is 0 Å². The fourth-order valence-corrected chi connectivity index (χ4v) is 1.76. The molecule has 1 heterocycles. The van der Waals surface area contributed by atoms with Gasteiger partial charge >= 0.3 is 0 Å². The van der Waals surface area contributed by atoms with Crippen LogP contribution in [0.25, 0.3) is 0 Å². The van der Waals surface area contributed by atoms with Crippen LogP contribution in [0.4, 0.5) is 0 Å². The maximum absolute atomic E-state index is 4.54. The maximum Gasteiger partial charge on any atom is 0.0641 e. The van der Waals surface area contributed by atoms with Gasteiger partial charge in [-0.05, 0) is 27.2 Å². The molecule has 1 N–H and O–H groups in total. The van der Waals surface area contributed by atoms with Gasteiger partial charge in [-0.15, -0.1) is 5.92 Å². The van der Waals surface area contributed by atoms with Crippen molar-refractivity contribution < 1.29 is 0 Å². The van der Waals surface area contributed by atoms with E-state index in [1.807, 2.05) is 6.92 Å². The SMILES string of the molecule is CC#CCNCc1c(C)nn(CCC)c1C. The Balaban J connectivity index is 2.67. The van der Waals surface area contributed by atoms with Crippen LogP contribution in [0.15, 0.2) is 0 Å². The Morgan fingerprint density at radius 3 is 2.75 bits per heavy atom. The molecule has 0 aliphatic carbocycles. The van der Waals surface area contributed by atoms with Gasteiger partial charge in [0.2, 0.25) is 0 Å². The number of hydrogen-bond donors (Lipinski definition) is 1. The Labute approximate surface area is 98.2 Å². The van der Waals surface area contributed by atoms with Crippen molar-refractivity contribution in [1.29, 1.82) is 0 Å². The third-order valence-electron chi connectivity index (χ3n) is 2.66. The molecule has 0 radical (unpaired) electrons. The Morgan fingerprint density at radius 2 is 2.12 bits per heavy atom. The fourth-order valence-electron chi connectivity index (χ4n) is 1.76. The summed E-state index contributed by atoms with van der Waals surface area (Å²) in [5.74, 6) is 5.88. The predicted molar refractivity (Wildman–Crippen MR) is 67.1 cm³/mol. The summed E-state index contributed by atoms with van der Waals surface area (Å²) < 4.78 is 2.10. The minimum atomic E-state index is 0.744. The minimum Gasteiger partial charge on any atom is -0.302 e. The summed E-state index contributed by atoms with van der Waals surface area (Å²) in [6.07, 6.45) is 1.12. The molecule has 0 aromatic carbocycles. The van der Waals surface area contributed by atoms with Crippen LogP contribution in [0.3, 0.4) is 0 Å². The third-order valence-corrected chi connectivity index (χ3v) is 2.66. The van der Waals surface area contributed by atoms with Crippen LogP contribution in [0.1, 0.15) is 37.2 Å². The molecule has 0 aliphatic heterocycles. The van der Waals surface area contributed by atoms with Crippen molar-refractivity contribution in [3.63, 3.8) is 0 Å². The molecule has 1 aromatic heterocycles. The lowest BCUT2D eigenvalue weighted by molar-refractivity contribution is 0.582. The molecule has 0 unspecified atom stereocenters. The molecule has 1 rings (SSSR count). The molecule has 0 atom stereocenters. The summed E-state index contributed by atoms with van der Waals surface area (Å²) in [5.41, 5.74) is 3.71. The van der Waals surface area contributed by atoms with E-state index in [4.69, 9.17) is 0 Å². The summed E-state index contributed by atoms with van der Waals surface area (Å²) in [4.78, 5) is 0. The normalized spacial score (nSPS) is 10.0. The molecule has 0 fully saturated rings. The highest BCUT2D eigenvalue weighted by Crippen LogP contribution is 2.12. The van der Waals surface area contributed by atoms with Crippen LogP contribution in [0, 0.1) is 25.7 Å². The van der Waals surface area contributed by atoms with Crippen molar-refractivity contribution >= 4 is 0 Å². The number of rotatable bonds is 5. The van der Waals surface area contributed by atoms with E-state index in [-0.39, 0.29) is 0 Å². The third kappa shape index (κ3) is 3.11. The van der Waals surface area contributed by atoms with E-state index in [0.29, 0.717) is 0 Å². The zero-order chi connectivity index (χ0) is 12.0. The average molecular weight is 219 g/mol. The van der Waals surface area contributed by atoms with Gasteiger partial charge in [0.05, 0.1) is 12.2 Å². The van der Waals surface area contributed by atoms with Gasteiger partial charge in [-0.2, -0.15) is 5.10 Å². The van der Waals surface area contributed by atoms with Crippen LogP contribution in [0.2, 0.25) is 0 Å². The summed E-state index contributed by atoms with van der Waals surface area (Å²) in [6, 6.07) is 0. The zero-order valence-corrected chi connectivity index (χ0v) is 10.7. The molecule has 0 amide bonds. The van der Waals surface area contributed by atoms with Gasteiger partial charge in [0.25, 0.3) is 0 Å².